The first kappa shape index (κ1) is 16.0. The Morgan fingerprint density at radius 3 is 2.55 bits per heavy atom. The molecule has 2 N–H and O–H groups in total. The highest BCUT2D eigenvalue weighted by atomic mass is 16.6. The average Bonchev–Trinajstić information content (AvgIpc) is 2.46. The van der Waals surface area contributed by atoms with Gasteiger partial charge in [0.05, 0.1) is 5.69 Å². The van der Waals surface area contributed by atoms with E-state index in [9.17, 15) is 9.90 Å². The summed E-state index contributed by atoms with van der Waals surface area (Å²) in [7, 11) is 0. The van der Waals surface area contributed by atoms with Gasteiger partial charge in [0.1, 0.15) is 11.7 Å². The molecule has 5 heteroatoms. The van der Waals surface area contributed by atoms with Crippen LogP contribution in [0.1, 0.15) is 38.0 Å². The van der Waals surface area contributed by atoms with Crippen molar-refractivity contribution in [2.75, 3.05) is 5.32 Å². The van der Waals surface area contributed by atoms with Crippen LogP contribution in [0.3, 0.4) is 0 Å². The van der Waals surface area contributed by atoms with Crippen LogP contribution in [0.15, 0.2) is 48.8 Å². The summed E-state index contributed by atoms with van der Waals surface area (Å²) in [5.41, 5.74) is 1.12. The molecule has 0 aliphatic carbocycles. The fourth-order valence-corrected chi connectivity index (χ4v) is 1.97. The van der Waals surface area contributed by atoms with Crippen molar-refractivity contribution >= 4 is 11.8 Å². The molecular formula is C17H20N2O3. The molecule has 0 bridgehead atoms. The lowest BCUT2D eigenvalue weighted by Gasteiger charge is -2.21. The number of carbonyl (C=O) groups is 1. The van der Waals surface area contributed by atoms with Gasteiger partial charge in [0.2, 0.25) is 0 Å². The van der Waals surface area contributed by atoms with Gasteiger partial charge in [-0.2, -0.15) is 0 Å². The van der Waals surface area contributed by atoms with Gasteiger partial charge in [-0.1, -0.05) is 30.3 Å². The number of pyridine rings is 1. The van der Waals surface area contributed by atoms with Crippen molar-refractivity contribution in [3.8, 4) is 0 Å². The van der Waals surface area contributed by atoms with Gasteiger partial charge in [-0.05, 0) is 32.4 Å². The van der Waals surface area contributed by atoms with Crippen LogP contribution in [0.2, 0.25) is 0 Å². The number of ether oxygens (including phenoxy) is 1. The number of hydrogen-bond donors (Lipinski definition) is 2. The molecule has 0 fully saturated rings. The summed E-state index contributed by atoms with van der Waals surface area (Å²) in [5.74, 6) is 0. The predicted molar refractivity (Wildman–Crippen MR) is 84.6 cm³/mol. The van der Waals surface area contributed by atoms with Crippen molar-refractivity contribution in [1.29, 1.82) is 0 Å². The largest absolute Gasteiger partial charge is 0.444 e. The van der Waals surface area contributed by atoms with Crippen LogP contribution in [-0.4, -0.2) is 21.8 Å². The molecule has 1 atom stereocenters. The molecule has 2 aromatic rings. The molecule has 0 saturated heterocycles. The fraction of sp³-hybridized carbons (Fsp3) is 0.294. The van der Waals surface area contributed by atoms with Gasteiger partial charge in [0.25, 0.3) is 0 Å². The maximum Gasteiger partial charge on any atom is 0.412 e. The van der Waals surface area contributed by atoms with Crippen LogP contribution in [0.5, 0.6) is 0 Å². The number of nitrogens with one attached hydrogen (secondary N) is 1. The van der Waals surface area contributed by atoms with Gasteiger partial charge in [-0.15, -0.1) is 0 Å². The quantitative estimate of drug-likeness (QED) is 0.910. The van der Waals surface area contributed by atoms with Crippen LogP contribution in [-0.2, 0) is 4.74 Å². The highest BCUT2D eigenvalue weighted by Gasteiger charge is 2.20. The highest BCUT2D eigenvalue weighted by Crippen LogP contribution is 2.27. The number of benzene rings is 1. The lowest BCUT2D eigenvalue weighted by Crippen LogP contribution is -2.27. The molecule has 2 rings (SSSR count). The van der Waals surface area contributed by atoms with E-state index >= 15 is 0 Å². The van der Waals surface area contributed by atoms with Crippen molar-refractivity contribution in [1.82, 2.24) is 4.98 Å². The van der Waals surface area contributed by atoms with Crippen LogP contribution < -0.4 is 5.32 Å². The second-order valence-corrected chi connectivity index (χ2v) is 5.90. The van der Waals surface area contributed by atoms with Gasteiger partial charge >= 0.3 is 6.09 Å². The Bertz CT molecular complexity index is 636. The Labute approximate surface area is 130 Å². The van der Waals surface area contributed by atoms with Gasteiger partial charge < -0.3 is 9.84 Å². The number of rotatable bonds is 3. The first-order chi connectivity index (χ1) is 10.4. The minimum Gasteiger partial charge on any atom is -0.444 e. The lowest BCUT2D eigenvalue weighted by atomic mass is 10.0. The molecule has 1 aromatic carbocycles. The Hall–Kier alpha value is -2.40. The minimum absolute atomic E-state index is 0.473. The summed E-state index contributed by atoms with van der Waals surface area (Å²) in [6.07, 6.45) is 1.64. The Morgan fingerprint density at radius 1 is 1.23 bits per heavy atom. The summed E-state index contributed by atoms with van der Waals surface area (Å²) in [6.45, 7) is 5.37. The van der Waals surface area contributed by atoms with Gasteiger partial charge in [-0.25, -0.2) is 4.79 Å². The molecule has 22 heavy (non-hydrogen) atoms. The zero-order valence-electron chi connectivity index (χ0n) is 12.9. The number of anilines is 1. The summed E-state index contributed by atoms with van der Waals surface area (Å²) < 4.78 is 5.23. The van der Waals surface area contributed by atoms with E-state index in [-0.39, 0.29) is 0 Å². The summed E-state index contributed by atoms with van der Waals surface area (Å²) >= 11 is 0. The molecule has 1 amide bonds. The van der Waals surface area contributed by atoms with E-state index in [1.54, 1.807) is 33.0 Å². The Morgan fingerprint density at radius 2 is 1.91 bits per heavy atom. The first-order valence-corrected chi connectivity index (χ1v) is 7.04. The standard InChI is InChI=1S/C17H20N2O3/c1-17(2,3)22-16(21)19-14-9-10-18-11-13(14)15(20)12-7-5-4-6-8-12/h4-11,15,20H,1-3H3,(H,18,19,21). The molecule has 0 aliphatic heterocycles. The monoisotopic (exact) mass is 300 g/mol. The van der Waals surface area contributed by atoms with Crippen LogP contribution in [0.4, 0.5) is 10.5 Å². The van der Waals surface area contributed by atoms with E-state index in [2.05, 4.69) is 10.3 Å². The molecule has 1 heterocycles. The molecule has 0 spiro atoms. The second-order valence-electron chi connectivity index (χ2n) is 5.90. The summed E-state index contributed by atoms with van der Waals surface area (Å²) in [4.78, 5) is 15.9. The van der Waals surface area contributed by atoms with E-state index in [1.165, 1.54) is 6.20 Å². The lowest BCUT2D eigenvalue weighted by molar-refractivity contribution is 0.0635. The number of carbonyl (C=O) groups excluding carboxylic acids is 1. The van der Waals surface area contributed by atoms with Crippen molar-refractivity contribution < 1.29 is 14.6 Å². The van der Waals surface area contributed by atoms with Crippen molar-refractivity contribution in [2.24, 2.45) is 0 Å². The molecule has 0 radical (unpaired) electrons. The van der Waals surface area contributed by atoms with Crippen LogP contribution >= 0.6 is 0 Å². The van der Waals surface area contributed by atoms with E-state index in [0.29, 0.717) is 11.3 Å². The van der Waals surface area contributed by atoms with Crippen LogP contribution in [0.25, 0.3) is 0 Å². The molecule has 0 aliphatic rings. The number of aliphatic hydroxyl groups is 1. The van der Waals surface area contributed by atoms with Gasteiger partial charge in [0.15, 0.2) is 0 Å². The second kappa shape index (κ2) is 6.58. The third-order valence-electron chi connectivity index (χ3n) is 2.90. The molecule has 0 saturated carbocycles. The predicted octanol–water partition coefficient (Wildman–Crippen LogP) is 3.51. The zero-order chi connectivity index (χ0) is 16.2. The summed E-state index contributed by atoms with van der Waals surface area (Å²) in [5, 5.41) is 13.1. The van der Waals surface area contributed by atoms with E-state index < -0.39 is 17.8 Å². The number of aliphatic hydroxyl groups excluding tert-OH is 1. The molecule has 1 aromatic heterocycles. The average molecular weight is 300 g/mol. The normalized spacial score (nSPS) is 12.5. The van der Waals surface area contributed by atoms with Crippen molar-refractivity contribution in [3.05, 3.63) is 59.9 Å². The molecular weight excluding hydrogens is 280 g/mol. The first-order valence-electron chi connectivity index (χ1n) is 7.04. The topological polar surface area (TPSA) is 71.5 Å². The fourth-order valence-electron chi connectivity index (χ4n) is 1.97. The Balaban J connectivity index is 2.22. The van der Waals surface area contributed by atoms with E-state index in [0.717, 1.165) is 5.56 Å². The SMILES string of the molecule is CC(C)(C)OC(=O)Nc1ccncc1C(O)c1ccccc1. The molecule has 116 valence electrons. The maximum atomic E-state index is 11.9. The smallest absolute Gasteiger partial charge is 0.412 e. The molecule has 1 unspecified atom stereocenters. The van der Waals surface area contributed by atoms with Crippen molar-refractivity contribution in [3.63, 3.8) is 0 Å². The zero-order valence-corrected chi connectivity index (χ0v) is 12.9. The van der Waals surface area contributed by atoms with Crippen molar-refractivity contribution in [2.45, 2.75) is 32.5 Å². The maximum absolute atomic E-state index is 11.9. The van der Waals surface area contributed by atoms with E-state index in [1.807, 2.05) is 30.3 Å². The third-order valence-corrected chi connectivity index (χ3v) is 2.90. The van der Waals surface area contributed by atoms with Gasteiger partial charge in [-0.3, -0.25) is 10.3 Å². The van der Waals surface area contributed by atoms with Gasteiger partial charge in [0, 0.05) is 18.0 Å². The highest BCUT2D eigenvalue weighted by molar-refractivity contribution is 5.86. The molecule has 5 nitrogen and oxygen atoms in total. The Kier molecular flexibility index (Phi) is 4.78. The minimum atomic E-state index is -0.875. The van der Waals surface area contributed by atoms with E-state index in [4.69, 9.17) is 4.74 Å². The number of aromatic nitrogens is 1. The van der Waals surface area contributed by atoms with Crippen LogP contribution in [0, 0.1) is 0 Å². The summed E-state index contributed by atoms with van der Waals surface area (Å²) in [6, 6.07) is 10.8. The number of amides is 1. The number of nitrogens with zero attached hydrogens (tertiary/aromatic N) is 1. The third kappa shape index (κ3) is 4.30. The number of hydrogen-bond acceptors (Lipinski definition) is 4.